The maximum absolute atomic E-state index is 13.3. The molecule has 29 heavy (non-hydrogen) atoms. The van der Waals surface area contributed by atoms with Crippen molar-refractivity contribution in [3.63, 3.8) is 0 Å². The summed E-state index contributed by atoms with van der Waals surface area (Å²) in [4.78, 5) is 13.1. The Morgan fingerprint density at radius 2 is 1.79 bits per heavy atom. The lowest BCUT2D eigenvalue weighted by atomic mass is 9.90. The van der Waals surface area contributed by atoms with Gasteiger partial charge < -0.3 is 16.0 Å². The third-order valence-electron chi connectivity index (χ3n) is 4.74. The zero-order chi connectivity index (χ0) is 21.3. The third kappa shape index (κ3) is 4.42. The number of rotatable bonds is 3. The molecule has 1 heterocycles. The summed E-state index contributed by atoms with van der Waals surface area (Å²) in [6, 6.07) is 10.1. The van der Waals surface area contributed by atoms with E-state index in [0.717, 1.165) is 22.8 Å². The Labute approximate surface area is 172 Å². The second kappa shape index (κ2) is 7.87. The first kappa shape index (κ1) is 20.9. The van der Waals surface area contributed by atoms with Crippen molar-refractivity contribution in [2.75, 3.05) is 5.32 Å². The van der Waals surface area contributed by atoms with E-state index >= 15 is 0 Å². The van der Waals surface area contributed by atoms with E-state index in [1.807, 2.05) is 32.0 Å². The van der Waals surface area contributed by atoms with Gasteiger partial charge in [0.25, 0.3) is 5.91 Å². The molecule has 8 heteroatoms. The molecule has 2 aromatic carbocycles. The number of allylic oxidation sites excluding steroid dienone is 1. The quantitative estimate of drug-likeness (QED) is 0.629. The summed E-state index contributed by atoms with van der Waals surface area (Å²) in [5.74, 6) is -0.632. The van der Waals surface area contributed by atoms with Crippen LogP contribution in [0.4, 0.5) is 18.9 Å². The Bertz CT molecular complexity index is 1010. The van der Waals surface area contributed by atoms with E-state index in [-0.39, 0.29) is 11.3 Å². The minimum absolute atomic E-state index is 0.282. The molecule has 1 atom stereocenters. The molecule has 1 amide bonds. The molecule has 4 nitrogen and oxygen atoms in total. The minimum atomic E-state index is -4.58. The monoisotopic (exact) mass is 419 g/mol. The predicted octanol–water partition coefficient (Wildman–Crippen LogP) is 4.75. The molecule has 0 aliphatic carbocycles. The number of benzene rings is 2. The van der Waals surface area contributed by atoms with E-state index in [9.17, 15) is 18.0 Å². The van der Waals surface area contributed by atoms with Crippen LogP contribution in [0.5, 0.6) is 0 Å². The van der Waals surface area contributed by atoms with Crippen molar-refractivity contribution < 1.29 is 18.0 Å². The van der Waals surface area contributed by atoms with E-state index in [4.69, 9.17) is 12.2 Å². The number of para-hydroxylation sites is 1. The number of hydrogen-bond acceptors (Lipinski definition) is 2. The molecule has 0 aromatic heterocycles. The first-order chi connectivity index (χ1) is 13.6. The summed E-state index contributed by atoms with van der Waals surface area (Å²) < 4.78 is 39.9. The normalized spacial score (nSPS) is 16.9. The van der Waals surface area contributed by atoms with Crippen molar-refractivity contribution in [1.29, 1.82) is 0 Å². The molecular weight excluding hydrogens is 399 g/mol. The molecule has 1 aliphatic rings. The Morgan fingerprint density at radius 3 is 2.48 bits per heavy atom. The third-order valence-corrected chi connectivity index (χ3v) is 4.96. The molecule has 2 aromatic rings. The minimum Gasteiger partial charge on any atom is -0.351 e. The molecule has 0 unspecified atom stereocenters. The van der Waals surface area contributed by atoms with Gasteiger partial charge in [-0.25, -0.2) is 0 Å². The summed E-state index contributed by atoms with van der Waals surface area (Å²) >= 11 is 5.24. The lowest BCUT2D eigenvalue weighted by Gasteiger charge is -2.31. The molecule has 3 N–H and O–H groups in total. The molecule has 0 radical (unpaired) electrons. The van der Waals surface area contributed by atoms with Crippen LogP contribution in [0.2, 0.25) is 0 Å². The fraction of sp³-hybridized carbons (Fsp3) is 0.238. The van der Waals surface area contributed by atoms with Crippen LogP contribution < -0.4 is 16.0 Å². The average Bonchev–Trinajstić information content (AvgIpc) is 2.62. The largest absolute Gasteiger partial charge is 0.418 e. The lowest BCUT2D eigenvalue weighted by Crippen LogP contribution is -2.46. The zero-order valence-electron chi connectivity index (χ0n) is 16.1. The Kier molecular flexibility index (Phi) is 5.66. The number of alkyl halides is 3. The summed E-state index contributed by atoms with van der Waals surface area (Å²) in [6.07, 6.45) is -4.58. The SMILES string of the molecule is CC1=C(C(=O)Nc2ccccc2C(F)(F)F)[C@@H](c2cc(C)ccc2C)NC(=S)N1. The second-order valence-corrected chi connectivity index (χ2v) is 7.34. The van der Waals surface area contributed by atoms with Crippen LogP contribution in [0.3, 0.4) is 0 Å². The number of aryl methyl sites for hydroxylation is 2. The van der Waals surface area contributed by atoms with Crippen LogP contribution in [-0.4, -0.2) is 11.0 Å². The van der Waals surface area contributed by atoms with E-state index < -0.39 is 23.7 Å². The van der Waals surface area contributed by atoms with Crippen LogP contribution in [-0.2, 0) is 11.0 Å². The first-order valence-corrected chi connectivity index (χ1v) is 9.31. The van der Waals surface area contributed by atoms with E-state index in [0.29, 0.717) is 10.8 Å². The van der Waals surface area contributed by atoms with Gasteiger partial charge in [-0.05, 0) is 56.2 Å². The second-order valence-electron chi connectivity index (χ2n) is 6.93. The van der Waals surface area contributed by atoms with Crippen LogP contribution in [0.25, 0.3) is 0 Å². The number of thiocarbonyl (C=S) groups is 1. The Balaban J connectivity index is 2.03. The summed E-state index contributed by atoms with van der Waals surface area (Å²) in [5, 5.41) is 8.74. The van der Waals surface area contributed by atoms with Gasteiger partial charge in [-0.2, -0.15) is 13.2 Å². The predicted molar refractivity (Wildman–Crippen MR) is 110 cm³/mol. The number of carbonyl (C=O) groups is 1. The van der Waals surface area contributed by atoms with Gasteiger partial charge in [0.05, 0.1) is 22.9 Å². The van der Waals surface area contributed by atoms with Gasteiger partial charge in [0.2, 0.25) is 0 Å². The highest BCUT2D eigenvalue weighted by Gasteiger charge is 2.35. The Hall–Kier alpha value is -2.87. The molecule has 3 rings (SSSR count). The van der Waals surface area contributed by atoms with E-state index in [1.54, 1.807) is 6.92 Å². The van der Waals surface area contributed by atoms with Crippen molar-refractivity contribution in [2.45, 2.75) is 33.0 Å². The number of carbonyl (C=O) groups excluding carboxylic acids is 1. The fourth-order valence-corrected chi connectivity index (χ4v) is 3.60. The van der Waals surface area contributed by atoms with Crippen molar-refractivity contribution in [3.05, 3.63) is 76.0 Å². The summed E-state index contributed by atoms with van der Waals surface area (Å²) in [7, 11) is 0. The number of anilines is 1. The van der Waals surface area contributed by atoms with E-state index in [1.165, 1.54) is 18.2 Å². The van der Waals surface area contributed by atoms with Crippen LogP contribution >= 0.6 is 12.2 Å². The average molecular weight is 419 g/mol. The fourth-order valence-electron chi connectivity index (χ4n) is 3.33. The number of nitrogens with one attached hydrogen (secondary N) is 3. The summed E-state index contributed by atoms with van der Waals surface area (Å²) in [5.41, 5.74) is 2.34. The highest BCUT2D eigenvalue weighted by Crippen LogP contribution is 2.36. The highest BCUT2D eigenvalue weighted by molar-refractivity contribution is 7.80. The summed E-state index contributed by atoms with van der Waals surface area (Å²) in [6.45, 7) is 5.51. The van der Waals surface area contributed by atoms with Crippen molar-refractivity contribution in [1.82, 2.24) is 10.6 Å². The molecule has 0 saturated carbocycles. The topological polar surface area (TPSA) is 53.2 Å². The van der Waals surface area contributed by atoms with Gasteiger partial charge in [-0.1, -0.05) is 35.9 Å². The molecular formula is C21H20F3N3OS. The first-order valence-electron chi connectivity index (χ1n) is 8.91. The molecule has 0 bridgehead atoms. The van der Waals surface area contributed by atoms with Crippen molar-refractivity contribution in [3.8, 4) is 0 Å². The van der Waals surface area contributed by atoms with Gasteiger partial charge in [0, 0.05) is 5.70 Å². The van der Waals surface area contributed by atoms with Gasteiger partial charge in [-0.3, -0.25) is 4.79 Å². The van der Waals surface area contributed by atoms with Gasteiger partial charge in [0.15, 0.2) is 5.11 Å². The smallest absolute Gasteiger partial charge is 0.351 e. The van der Waals surface area contributed by atoms with Crippen LogP contribution in [0.15, 0.2) is 53.7 Å². The van der Waals surface area contributed by atoms with Gasteiger partial charge in [0.1, 0.15) is 0 Å². The van der Waals surface area contributed by atoms with Gasteiger partial charge in [-0.15, -0.1) is 0 Å². The Morgan fingerprint density at radius 1 is 1.10 bits per heavy atom. The zero-order valence-corrected chi connectivity index (χ0v) is 16.9. The van der Waals surface area contributed by atoms with Crippen molar-refractivity contribution >= 4 is 28.9 Å². The molecule has 0 spiro atoms. The number of hydrogen-bond donors (Lipinski definition) is 3. The maximum Gasteiger partial charge on any atom is 0.418 e. The maximum atomic E-state index is 13.3. The number of halogens is 3. The number of amides is 1. The molecule has 0 fully saturated rings. The van der Waals surface area contributed by atoms with Gasteiger partial charge >= 0.3 is 6.18 Å². The molecule has 1 aliphatic heterocycles. The lowest BCUT2D eigenvalue weighted by molar-refractivity contribution is -0.137. The highest BCUT2D eigenvalue weighted by atomic mass is 32.1. The molecule has 152 valence electrons. The van der Waals surface area contributed by atoms with Crippen LogP contribution in [0.1, 0.15) is 35.2 Å². The van der Waals surface area contributed by atoms with Crippen LogP contribution in [0, 0.1) is 13.8 Å². The molecule has 0 saturated heterocycles. The van der Waals surface area contributed by atoms with Crippen molar-refractivity contribution in [2.24, 2.45) is 0 Å². The van der Waals surface area contributed by atoms with E-state index in [2.05, 4.69) is 16.0 Å². The standard InChI is InChI=1S/C21H20F3N3OS/c1-11-8-9-12(2)14(10-11)18-17(13(3)25-20(29)27-18)19(28)26-16-7-5-4-6-15(16)21(22,23)24/h4-10,18H,1-3H3,(H,26,28)(H2,25,27,29)/t18-/m1/s1.